The van der Waals surface area contributed by atoms with Crippen LogP contribution in [-0.4, -0.2) is 37.7 Å². The summed E-state index contributed by atoms with van der Waals surface area (Å²) >= 11 is 0. The topological polar surface area (TPSA) is 102 Å². The third-order valence-electron chi connectivity index (χ3n) is 4.84. The van der Waals surface area contributed by atoms with E-state index in [-0.39, 0.29) is 23.9 Å². The Balaban J connectivity index is 1.37. The van der Waals surface area contributed by atoms with E-state index in [0.717, 1.165) is 24.2 Å². The zero-order chi connectivity index (χ0) is 19.7. The van der Waals surface area contributed by atoms with Crippen LogP contribution in [0, 0.1) is 0 Å². The molecule has 1 fully saturated rings. The monoisotopic (exact) mass is 380 g/mol. The Morgan fingerprint density at radius 2 is 2.00 bits per heavy atom. The van der Waals surface area contributed by atoms with Gasteiger partial charge in [-0.05, 0) is 24.1 Å². The minimum Gasteiger partial charge on any atom is -0.350 e. The highest BCUT2D eigenvalue weighted by atomic mass is 16.2. The summed E-state index contributed by atoms with van der Waals surface area (Å²) in [5, 5.41) is 7.19. The van der Waals surface area contributed by atoms with Crippen molar-refractivity contribution in [2.75, 3.05) is 11.4 Å². The predicted molar refractivity (Wildman–Crippen MR) is 103 cm³/mol. The number of carbonyl (C=O) groups excluding carboxylic acids is 2. The van der Waals surface area contributed by atoms with E-state index >= 15 is 0 Å². The molecule has 1 aliphatic heterocycles. The Bertz CT molecular complexity index is 1100. The minimum absolute atomic E-state index is 0.114. The third-order valence-corrected chi connectivity index (χ3v) is 4.84. The largest absolute Gasteiger partial charge is 0.350 e. The zero-order valence-electron chi connectivity index (χ0n) is 15.5. The van der Waals surface area contributed by atoms with Crippen molar-refractivity contribution < 1.29 is 9.59 Å². The molecule has 0 bridgehead atoms. The van der Waals surface area contributed by atoms with Gasteiger partial charge < -0.3 is 10.2 Å². The fraction of sp³-hybridized carbons (Fsp3) is 0.316. The SMILES string of the molecule is Cn1ncc2c(=O)n(CC(=O)NCc3ccc(N4CCCC4=O)cc3)cnc21. The molecule has 1 aliphatic rings. The van der Waals surface area contributed by atoms with Gasteiger partial charge in [0.15, 0.2) is 5.65 Å². The predicted octanol–water partition coefficient (Wildman–Crippen LogP) is 0.573. The van der Waals surface area contributed by atoms with E-state index in [1.807, 2.05) is 24.3 Å². The number of nitrogens with one attached hydrogen (secondary N) is 1. The van der Waals surface area contributed by atoms with Gasteiger partial charge in [-0.15, -0.1) is 0 Å². The van der Waals surface area contributed by atoms with Gasteiger partial charge in [0.2, 0.25) is 11.8 Å². The standard InChI is InChI=1S/C19H20N6O3/c1-23-18-15(10-22-23)19(28)24(12-21-18)11-16(26)20-9-13-4-6-14(7-5-13)25-8-2-3-17(25)27/h4-7,10,12H,2-3,8-9,11H2,1H3,(H,20,26). The number of amides is 2. The Morgan fingerprint density at radius 1 is 1.21 bits per heavy atom. The first-order chi connectivity index (χ1) is 13.5. The van der Waals surface area contributed by atoms with E-state index in [9.17, 15) is 14.4 Å². The van der Waals surface area contributed by atoms with Crippen LogP contribution in [0.3, 0.4) is 0 Å². The summed E-state index contributed by atoms with van der Waals surface area (Å²) in [6.45, 7) is 0.973. The molecule has 28 heavy (non-hydrogen) atoms. The fourth-order valence-corrected chi connectivity index (χ4v) is 3.31. The van der Waals surface area contributed by atoms with Crippen LogP contribution in [0.25, 0.3) is 11.0 Å². The maximum atomic E-state index is 12.4. The van der Waals surface area contributed by atoms with Gasteiger partial charge in [-0.2, -0.15) is 5.10 Å². The van der Waals surface area contributed by atoms with Crippen LogP contribution in [-0.2, 0) is 29.7 Å². The Kier molecular flexibility index (Phi) is 4.64. The quantitative estimate of drug-likeness (QED) is 0.697. The van der Waals surface area contributed by atoms with Crippen molar-refractivity contribution in [2.24, 2.45) is 7.05 Å². The molecular formula is C19H20N6O3. The highest BCUT2D eigenvalue weighted by Gasteiger charge is 2.21. The molecule has 3 aromatic rings. The van der Waals surface area contributed by atoms with Crippen LogP contribution in [0.5, 0.6) is 0 Å². The molecule has 9 heteroatoms. The normalized spacial score (nSPS) is 14.0. The maximum Gasteiger partial charge on any atom is 0.264 e. The molecule has 0 unspecified atom stereocenters. The zero-order valence-corrected chi connectivity index (χ0v) is 15.5. The van der Waals surface area contributed by atoms with Gasteiger partial charge in [-0.3, -0.25) is 23.6 Å². The summed E-state index contributed by atoms with van der Waals surface area (Å²) in [6, 6.07) is 7.54. The highest BCUT2D eigenvalue weighted by Crippen LogP contribution is 2.21. The molecule has 0 atom stereocenters. The molecule has 0 radical (unpaired) electrons. The number of benzene rings is 1. The first-order valence-electron chi connectivity index (χ1n) is 9.06. The first kappa shape index (κ1) is 17.9. The lowest BCUT2D eigenvalue weighted by Gasteiger charge is -2.16. The molecule has 1 saturated heterocycles. The lowest BCUT2D eigenvalue weighted by Crippen LogP contribution is -2.32. The van der Waals surface area contributed by atoms with E-state index in [2.05, 4.69) is 15.4 Å². The second-order valence-electron chi connectivity index (χ2n) is 6.78. The van der Waals surface area contributed by atoms with E-state index < -0.39 is 0 Å². The van der Waals surface area contributed by atoms with Gasteiger partial charge in [0.1, 0.15) is 18.3 Å². The van der Waals surface area contributed by atoms with Crippen LogP contribution in [0.2, 0.25) is 0 Å². The van der Waals surface area contributed by atoms with Crippen molar-refractivity contribution in [2.45, 2.75) is 25.9 Å². The highest BCUT2D eigenvalue weighted by molar-refractivity contribution is 5.95. The van der Waals surface area contributed by atoms with E-state index in [0.29, 0.717) is 24.0 Å². The fourth-order valence-electron chi connectivity index (χ4n) is 3.31. The Labute approximate surface area is 160 Å². The Morgan fingerprint density at radius 3 is 2.71 bits per heavy atom. The molecule has 3 heterocycles. The number of fused-ring (bicyclic) bond motifs is 1. The number of nitrogens with zero attached hydrogens (tertiary/aromatic N) is 5. The smallest absolute Gasteiger partial charge is 0.264 e. The summed E-state index contributed by atoms with van der Waals surface area (Å²) in [5.74, 6) is -0.142. The summed E-state index contributed by atoms with van der Waals surface area (Å²) in [5.41, 5.74) is 1.98. The van der Waals surface area contributed by atoms with E-state index in [1.54, 1.807) is 11.9 Å². The maximum absolute atomic E-state index is 12.4. The molecule has 144 valence electrons. The number of aromatic nitrogens is 4. The minimum atomic E-state index is -0.298. The van der Waals surface area contributed by atoms with Gasteiger partial charge in [-0.1, -0.05) is 12.1 Å². The molecular weight excluding hydrogens is 360 g/mol. The molecule has 1 N–H and O–H groups in total. The molecule has 0 spiro atoms. The van der Waals surface area contributed by atoms with Crippen LogP contribution in [0.4, 0.5) is 5.69 Å². The van der Waals surface area contributed by atoms with E-state index in [1.165, 1.54) is 21.8 Å². The molecule has 1 aromatic carbocycles. The number of hydrogen-bond acceptors (Lipinski definition) is 5. The average Bonchev–Trinajstić information content (AvgIpc) is 3.29. The van der Waals surface area contributed by atoms with Crippen molar-refractivity contribution in [1.29, 1.82) is 0 Å². The van der Waals surface area contributed by atoms with Gasteiger partial charge in [0.05, 0.1) is 6.20 Å². The second-order valence-corrected chi connectivity index (χ2v) is 6.78. The van der Waals surface area contributed by atoms with E-state index in [4.69, 9.17) is 0 Å². The van der Waals surface area contributed by atoms with Crippen molar-refractivity contribution in [3.8, 4) is 0 Å². The summed E-state index contributed by atoms with van der Waals surface area (Å²) in [4.78, 5) is 42.4. The summed E-state index contributed by atoms with van der Waals surface area (Å²) in [7, 11) is 1.71. The lowest BCUT2D eigenvalue weighted by atomic mass is 10.2. The molecule has 2 aromatic heterocycles. The van der Waals surface area contributed by atoms with Gasteiger partial charge in [0, 0.05) is 32.2 Å². The number of aryl methyl sites for hydroxylation is 1. The van der Waals surface area contributed by atoms with Gasteiger partial charge in [0.25, 0.3) is 5.56 Å². The van der Waals surface area contributed by atoms with Gasteiger partial charge >= 0.3 is 0 Å². The van der Waals surface area contributed by atoms with Crippen LogP contribution in [0.15, 0.2) is 41.6 Å². The van der Waals surface area contributed by atoms with Gasteiger partial charge in [-0.25, -0.2) is 4.98 Å². The van der Waals surface area contributed by atoms with Crippen LogP contribution in [0.1, 0.15) is 18.4 Å². The number of anilines is 1. The van der Waals surface area contributed by atoms with Crippen LogP contribution >= 0.6 is 0 Å². The molecule has 2 amide bonds. The van der Waals surface area contributed by atoms with Crippen molar-refractivity contribution in [3.05, 3.63) is 52.7 Å². The summed E-state index contributed by atoms with van der Waals surface area (Å²) in [6.07, 6.45) is 4.28. The molecule has 0 saturated carbocycles. The first-order valence-corrected chi connectivity index (χ1v) is 9.06. The number of carbonyl (C=O) groups is 2. The average molecular weight is 380 g/mol. The van der Waals surface area contributed by atoms with Crippen molar-refractivity contribution >= 4 is 28.5 Å². The molecule has 9 nitrogen and oxygen atoms in total. The molecule has 4 rings (SSSR count). The molecule has 0 aliphatic carbocycles. The van der Waals surface area contributed by atoms with Crippen molar-refractivity contribution in [3.63, 3.8) is 0 Å². The summed E-state index contributed by atoms with van der Waals surface area (Å²) < 4.78 is 2.78. The third kappa shape index (κ3) is 3.38. The second kappa shape index (κ2) is 7.26. The van der Waals surface area contributed by atoms with Crippen molar-refractivity contribution in [1.82, 2.24) is 24.6 Å². The number of rotatable bonds is 5. The Hall–Kier alpha value is -3.49. The number of hydrogen-bond donors (Lipinski definition) is 1. The van der Waals surface area contributed by atoms with Crippen LogP contribution < -0.4 is 15.8 Å². The lowest BCUT2D eigenvalue weighted by molar-refractivity contribution is -0.122.